The number of hydrazone groups is 1. The van der Waals surface area contributed by atoms with Crippen LogP contribution in [-0.4, -0.2) is 54.8 Å². The SMILES string of the molecule is CCNC(=O)N(C)CC(=O)N1N=C(c2ccc(C)c(C)c2)C[C@@H]1c1ccccc1OC. The average Bonchev–Trinajstić information content (AvgIpc) is 3.21. The molecule has 1 aliphatic rings. The van der Waals surface area contributed by atoms with Gasteiger partial charge < -0.3 is 15.0 Å². The summed E-state index contributed by atoms with van der Waals surface area (Å²) in [5.74, 6) is 0.461. The maximum Gasteiger partial charge on any atom is 0.317 e. The first-order valence-electron chi connectivity index (χ1n) is 10.4. The molecule has 1 heterocycles. The number of carbonyl (C=O) groups excluding carboxylic acids is 2. The van der Waals surface area contributed by atoms with Gasteiger partial charge in [-0.05, 0) is 49.6 Å². The summed E-state index contributed by atoms with van der Waals surface area (Å²) >= 11 is 0. The highest BCUT2D eigenvalue weighted by Crippen LogP contribution is 2.37. The maximum atomic E-state index is 13.2. The van der Waals surface area contributed by atoms with Gasteiger partial charge in [-0.1, -0.05) is 30.3 Å². The zero-order valence-corrected chi connectivity index (χ0v) is 18.8. The average molecular weight is 423 g/mol. The fraction of sp³-hybridized carbons (Fsp3) is 0.375. The fourth-order valence-corrected chi connectivity index (χ4v) is 3.65. The Morgan fingerprint density at radius 3 is 2.61 bits per heavy atom. The van der Waals surface area contributed by atoms with Crippen LogP contribution in [0.4, 0.5) is 4.79 Å². The number of rotatable bonds is 6. The number of likely N-dealkylation sites (N-methyl/N-ethyl adjacent to an activating group) is 1. The normalized spacial score (nSPS) is 15.5. The topological polar surface area (TPSA) is 74.2 Å². The lowest BCUT2D eigenvalue weighted by Crippen LogP contribution is -2.43. The third-order valence-corrected chi connectivity index (χ3v) is 5.55. The van der Waals surface area contributed by atoms with E-state index in [2.05, 4.69) is 31.3 Å². The van der Waals surface area contributed by atoms with E-state index in [1.165, 1.54) is 21.0 Å². The van der Waals surface area contributed by atoms with Crippen LogP contribution in [-0.2, 0) is 4.79 Å². The summed E-state index contributed by atoms with van der Waals surface area (Å²) in [4.78, 5) is 26.7. The smallest absolute Gasteiger partial charge is 0.317 e. The molecule has 0 aromatic heterocycles. The van der Waals surface area contributed by atoms with Crippen LogP contribution in [0.1, 0.15) is 41.6 Å². The van der Waals surface area contributed by atoms with Crippen molar-refractivity contribution >= 4 is 17.6 Å². The number of hydrogen-bond donors (Lipinski definition) is 1. The van der Waals surface area contributed by atoms with Gasteiger partial charge >= 0.3 is 6.03 Å². The summed E-state index contributed by atoms with van der Waals surface area (Å²) in [6.45, 7) is 6.41. The van der Waals surface area contributed by atoms with Crippen molar-refractivity contribution in [3.63, 3.8) is 0 Å². The Bertz CT molecular complexity index is 1000. The molecule has 0 spiro atoms. The molecular weight excluding hydrogens is 392 g/mol. The van der Waals surface area contributed by atoms with Gasteiger partial charge in [0.1, 0.15) is 12.3 Å². The van der Waals surface area contributed by atoms with Crippen LogP contribution in [0, 0.1) is 13.8 Å². The van der Waals surface area contributed by atoms with Crippen molar-refractivity contribution in [3.8, 4) is 5.75 Å². The predicted molar refractivity (Wildman–Crippen MR) is 121 cm³/mol. The molecule has 3 amide bonds. The molecule has 1 N–H and O–H groups in total. The third kappa shape index (κ3) is 4.87. The van der Waals surface area contributed by atoms with E-state index in [4.69, 9.17) is 9.84 Å². The number of amides is 3. The molecule has 7 heteroatoms. The fourth-order valence-electron chi connectivity index (χ4n) is 3.65. The zero-order valence-electron chi connectivity index (χ0n) is 18.8. The second-order valence-corrected chi connectivity index (χ2v) is 7.74. The van der Waals surface area contributed by atoms with E-state index in [0.717, 1.165) is 16.8 Å². The predicted octanol–water partition coefficient (Wildman–Crippen LogP) is 3.65. The van der Waals surface area contributed by atoms with Crippen LogP contribution in [0.3, 0.4) is 0 Å². The number of benzene rings is 2. The summed E-state index contributed by atoms with van der Waals surface area (Å²) in [7, 11) is 3.22. The second-order valence-electron chi connectivity index (χ2n) is 7.74. The molecule has 0 fully saturated rings. The second kappa shape index (κ2) is 9.64. The zero-order chi connectivity index (χ0) is 22.5. The lowest BCUT2D eigenvalue weighted by Gasteiger charge is -2.25. The first kappa shape index (κ1) is 22.3. The van der Waals surface area contributed by atoms with E-state index < -0.39 is 0 Å². The Labute approximate surface area is 183 Å². The molecule has 3 rings (SSSR count). The molecular formula is C24H30N4O3. The van der Waals surface area contributed by atoms with Crippen molar-refractivity contribution in [1.82, 2.24) is 15.2 Å². The number of aryl methyl sites for hydroxylation is 2. The van der Waals surface area contributed by atoms with E-state index in [0.29, 0.717) is 18.7 Å². The molecule has 1 atom stereocenters. The largest absolute Gasteiger partial charge is 0.496 e. The summed E-state index contributed by atoms with van der Waals surface area (Å²) in [6, 6.07) is 13.3. The summed E-state index contributed by atoms with van der Waals surface area (Å²) in [6.07, 6.45) is 0.569. The van der Waals surface area contributed by atoms with Crippen LogP contribution >= 0.6 is 0 Å². The Morgan fingerprint density at radius 1 is 1.19 bits per heavy atom. The van der Waals surface area contributed by atoms with E-state index in [9.17, 15) is 9.59 Å². The molecule has 1 aliphatic heterocycles. The Morgan fingerprint density at radius 2 is 1.94 bits per heavy atom. The van der Waals surface area contributed by atoms with Crippen molar-refractivity contribution in [2.75, 3.05) is 27.2 Å². The number of methoxy groups -OCH3 is 1. The Hall–Kier alpha value is -3.35. The van der Waals surface area contributed by atoms with Gasteiger partial charge in [0.25, 0.3) is 5.91 Å². The highest BCUT2D eigenvalue weighted by Gasteiger charge is 2.35. The van der Waals surface area contributed by atoms with Gasteiger partial charge in [-0.3, -0.25) is 4.79 Å². The molecule has 7 nitrogen and oxygen atoms in total. The van der Waals surface area contributed by atoms with Gasteiger partial charge in [-0.25, -0.2) is 9.80 Å². The quantitative estimate of drug-likeness (QED) is 0.772. The minimum absolute atomic E-state index is 0.0683. The summed E-state index contributed by atoms with van der Waals surface area (Å²) in [5, 5.41) is 8.91. The first-order chi connectivity index (χ1) is 14.8. The number of nitrogens with zero attached hydrogens (tertiary/aromatic N) is 3. The molecule has 0 aliphatic carbocycles. The van der Waals surface area contributed by atoms with Crippen molar-refractivity contribution in [2.24, 2.45) is 5.10 Å². The summed E-state index contributed by atoms with van der Waals surface area (Å²) in [5.41, 5.74) is 5.11. The molecule has 0 bridgehead atoms. The van der Waals surface area contributed by atoms with Crippen molar-refractivity contribution < 1.29 is 14.3 Å². The van der Waals surface area contributed by atoms with E-state index >= 15 is 0 Å². The Kier molecular flexibility index (Phi) is 6.95. The van der Waals surface area contributed by atoms with Crippen LogP contribution in [0.25, 0.3) is 0 Å². The highest BCUT2D eigenvalue weighted by molar-refractivity contribution is 6.03. The first-order valence-corrected chi connectivity index (χ1v) is 10.4. The van der Waals surface area contributed by atoms with Crippen LogP contribution in [0.5, 0.6) is 5.75 Å². The highest BCUT2D eigenvalue weighted by atomic mass is 16.5. The molecule has 0 saturated heterocycles. The minimum atomic E-state index is -0.303. The van der Waals surface area contributed by atoms with Crippen molar-refractivity contribution in [1.29, 1.82) is 0 Å². The number of nitrogens with one attached hydrogen (secondary N) is 1. The van der Waals surface area contributed by atoms with Crippen LogP contribution in [0.2, 0.25) is 0 Å². The van der Waals surface area contributed by atoms with Crippen LogP contribution in [0.15, 0.2) is 47.6 Å². The van der Waals surface area contributed by atoms with Gasteiger partial charge in [0, 0.05) is 25.6 Å². The number of ether oxygens (including phenoxy) is 1. The molecule has 0 unspecified atom stereocenters. The molecule has 2 aromatic rings. The molecule has 2 aromatic carbocycles. The Balaban J connectivity index is 1.94. The molecule has 31 heavy (non-hydrogen) atoms. The van der Waals surface area contributed by atoms with Crippen LogP contribution < -0.4 is 10.1 Å². The van der Waals surface area contributed by atoms with Crippen molar-refractivity contribution in [3.05, 3.63) is 64.7 Å². The molecule has 0 radical (unpaired) electrons. The number of para-hydroxylation sites is 1. The molecule has 0 saturated carbocycles. The number of urea groups is 1. The van der Waals surface area contributed by atoms with Gasteiger partial charge in [0.15, 0.2) is 0 Å². The number of carbonyl (C=O) groups is 2. The molecule has 164 valence electrons. The van der Waals surface area contributed by atoms with Gasteiger partial charge in [-0.2, -0.15) is 5.10 Å². The van der Waals surface area contributed by atoms with E-state index in [-0.39, 0.29) is 24.5 Å². The van der Waals surface area contributed by atoms with Crippen molar-refractivity contribution in [2.45, 2.75) is 33.2 Å². The monoisotopic (exact) mass is 422 g/mol. The summed E-state index contributed by atoms with van der Waals surface area (Å²) < 4.78 is 5.55. The van der Waals surface area contributed by atoms with E-state index in [1.54, 1.807) is 14.2 Å². The van der Waals surface area contributed by atoms with Gasteiger partial charge in [0.05, 0.1) is 18.9 Å². The number of hydrogen-bond acceptors (Lipinski definition) is 4. The third-order valence-electron chi connectivity index (χ3n) is 5.55. The lowest BCUT2D eigenvalue weighted by atomic mass is 9.96. The van der Waals surface area contributed by atoms with Gasteiger partial charge in [-0.15, -0.1) is 0 Å². The lowest BCUT2D eigenvalue weighted by molar-refractivity contribution is -0.133. The standard InChI is InChI=1S/C24H30N4O3/c1-6-25-24(30)27(4)15-23(29)28-21(19-9-7-8-10-22(19)31-5)14-20(26-28)18-12-11-16(2)17(3)13-18/h7-13,21H,6,14-15H2,1-5H3,(H,25,30)/t21-/m1/s1. The van der Waals surface area contributed by atoms with Gasteiger partial charge in [0.2, 0.25) is 0 Å². The minimum Gasteiger partial charge on any atom is -0.496 e. The maximum absolute atomic E-state index is 13.2. The van der Waals surface area contributed by atoms with E-state index in [1.807, 2.05) is 37.3 Å².